The maximum atomic E-state index is 12.7. The number of carbonyl (C=O) groups excluding carboxylic acids is 3. The number of ether oxygens (including phenoxy) is 2. The molecule has 0 aliphatic rings. The van der Waals surface area contributed by atoms with E-state index in [1.807, 2.05) is 4.68 Å². The Balaban J connectivity index is 1.38. The first kappa shape index (κ1) is 32.0. The highest BCUT2D eigenvalue weighted by atomic mass is 16.5. The van der Waals surface area contributed by atoms with E-state index in [1.54, 1.807) is 36.8 Å². The molecule has 2 aromatic heterocycles. The number of hydrogen-bond acceptors (Lipinski definition) is 10. The number of carboxylic acids is 1. The number of nitrogens with zero attached hydrogens (tertiary/aromatic N) is 3. The second kappa shape index (κ2) is 17.3. The summed E-state index contributed by atoms with van der Waals surface area (Å²) in [6.07, 6.45) is 5.88. The van der Waals surface area contributed by atoms with Crippen LogP contribution in [0.15, 0.2) is 36.8 Å². The van der Waals surface area contributed by atoms with Gasteiger partial charge in [-0.1, -0.05) is 0 Å². The van der Waals surface area contributed by atoms with Crippen LogP contribution in [0.4, 0.5) is 5.95 Å². The van der Waals surface area contributed by atoms with Crippen molar-refractivity contribution in [2.75, 3.05) is 57.9 Å². The highest BCUT2D eigenvalue weighted by Gasteiger charge is 2.21. The Bertz CT molecular complexity index is 1300. The molecule has 0 spiro atoms. The van der Waals surface area contributed by atoms with E-state index in [-0.39, 0.29) is 19.6 Å². The van der Waals surface area contributed by atoms with Gasteiger partial charge in [0.25, 0.3) is 5.91 Å². The number of aliphatic carboxylic acids is 1. The number of aromatic amines is 1. The molecule has 1 aromatic carbocycles. The Hall–Kier alpha value is -4.54. The number of aryl methyl sites for hydroxylation is 1. The molecule has 228 valence electrons. The minimum atomic E-state index is -1.39. The first-order valence-corrected chi connectivity index (χ1v) is 13.5. The Morgan fingerprint density at radius 1 is 1.07 bits per heavy atom. The van der Waals surface area contributed by atoms with Gasteiger partial charge in [0.15, 0.2) is 5.95 Å². The van der Waals surface area contributed by atoms with Gasteiger partial charge in [-0.15, -0.1) is 0 Å². The maximum absolute atomic E-state index is 12.7. The first-order chi connectivity index (χ1) is 20.4. The summed E-state index contributed by atoms with van der Waals surface area (Å²) in [7, 11) is 0. The van der Waals surface area contributed by atoms with Crippen LogP contribution in [0.5, 0.6) is 0 Å². The third-order valence-electron chi connectivity index (χ3n) is 5.90. The molecule has 0 saturated heterocycles. The number of imidazole rings is 1. The summed E-state index contributed by atoms with van der Waals surface area (Å²) in [6, 6.07) is 3.67. The minimum Gasteiger partial charge on any atom is -0.480 e. The highest BCUT2D eigenvalue weighted by Crippen LogP contribution is 2.16. The molecule has 0 saturated carbocycles. The van der Waals surface area contributed by atoms with Gasteiger partial charge in [-0.05, 0) is 24.6 Å². The number of fused-ring (bicyclic) bond motifs is 1. The predicted octanol–water partition coefficient (Wildman–Crippen LogP) is -0.941. The molecule has 3 rings (SSSR count). The number of nitrogens with two attached hydrogens (primary N) is 1. The van der Waals surface area contributed by atoms with Crippen LogP contribution < -0.4 is 27.0 Å². The first-order valence-electron chi connectivity index (χ1n) is 13.5. The number of H-pyrrole nitrogens is 1. The number of carboxylic acid groups (broad SMARTS) is 1. The van der Waals surface area contributed by atoms with Gasteiger partial charge in [-0.2, -0.15) is 5.10 Å². The lowest BCUT2D eigenvalue weighted by atomic mass is 10.1. The van der Waals surface area contributed by atoms with Crippen molar-refractivity contribution in [2.24, 2.45) is 5.73 Å². The molecule has 8 N–H and O–H groups in total. The van der Waals surface area contributed by atoms with Gasteiger partial charge in [0, 0.05) is 55.9 Å². The van der Waals surface area contributed by atoms with E-state index in [0.29, 0.717) is 51.0 Å². The Labute approximate surface area is 241 Å². The van der Waals surface area contributed by atoms with Crippen LogP contribution in [0, 0.1) is 0 Å². The van der Waals surface area contributed by atoms with Crippen molar-refractivity contribution in [1.29, 1.82) is 0 Å². The van der Waals surface area contributed by atoms with Crippen molar-refractivity contribution in [1.82, 2.24) is 35.7 Å². The van der Waals surface area contributed by atoms with E-state index in [9.17, 15) is 24.3 Å². The van der Waals surface area contributed by atoms with E-state index in [2.05, 4.69) is 36.3 Å². The number of carbonyl (C=O) groups is 4. The predicted molar refractivity (Wildman–Crippen MR) is 152 cm³/mol. The number of amides is 3. The van der Waals surface area contributed by atoms with Crippen LogP contribution in [0.3, 0.4) is 0 Å². The molecule has 2 heterocycles. The summed E-state index contributed by atoms with van der Waals surface area (Å²) < 4.78 is 12.2. The molecule has 0 aliphatic heterocycles. The zero-order chi connectivity index (χ0) is 30.2. The fourth-order valence-electron chi connectivity index (χ4n) is 3.78. The second-order valence-corrected chi connectivity index (χ2v) is 9.07. The monoisotopic (exact) mass is 587 g/mol. The molecule has 0 radical (unpaired) electrons. The normalized spacial score (nSPS) is 11.6. The van der Waals surface area contributed by atoms with E-state index in [0.717, 1.165) is 17.3 Å². The lowest BCUT2D eigenvalue weighted by Gasteiger charge is -2.16. The van der Waals surface area contributed by atoms with Gasteiger partial charge in [-0.3, -0.25) is 19.1 Å². The Kier molecular flexibility index (Phi) is 13.2. The summed E-state index contributed by atoms with van der Waals surface area (Å²) in [5.41, 5.74) is 6.47. The number of anilines is 1. The van der Waals surface area contributed by atoms with Crippen LogP contribution in [-0.4, -0.2) is 107 Å². The fraction of sp³-hybridized carbons (Fsp3) is 0.462. The number of hydrogen-bond donors (Lipinski definition) is 7. The van der Waals surface area contributed by atoms with Gasteiger partial charge >= 0.3 is 5.97 Å². The van der Waals surface area contributed by atoms with Crippen molar-refractivity contribution in [3.8, 4) is 0 Å². The lowest BCUT2D eigenvalue weighted by molar-refractivity contribution is -0.141. The van der Waals surface area contributed by atoms with Crippen molar-refractivity contribution in [2.45, 2.75) is 25.4 Å². The van der Waals surface area contributed by atoms with Gasteiger partial charge in [0.05, 0.1) is 44.7 Å². The van der Waals surface area contributed by atoms with Crippen LogP contribution in [0.2, 0.25) is 0 Å². The third kappa shape index (κ3) is 10.8. The topological polar surface area (TPSA) is 228 Å². The Morgan fingerprint density at radius 2 is 1.88 bits per heavy atom. The van der Waals surface area contributed by atoms with Crippen LogP contribution in [0.25, 0.3) is 10.9 Å². The second-order valence-electron chi connectivity index (χ2n) is 9.07. The maximum Gasteiger partial charge on any atom is 0.328 e. The summed E-state index contributed by atoms with van der Waals surface area (Å²) >= 11 is 0. The zero-order valence-corrected chi connectivity index (χ0v) is 23.1. The van der Waals surface area contributed by atoms with Crippen molar-refractivity contribution in [3.63, 3.8) is 0 Å². The molecular formula is C26H37N9O7. The summed E-state index contributed by atoms with van der Waals surface area (Å²) in [5, 5.41) is 25.0. The Morgan fingerprint density at radius 3 is 2.62 bits per heavy atom. The quantitative estimate of drug-likeness (QED) is 0.0798. The van der Waals surface area contributed by atoms with Gasteiger partial charge < -0.3 is 46.6 Å². The van der Waals surface area contributed by atoms with E-state index < -0.39 is 36.3 Å². The average Bonchev–Trinajstić information content (AvgIpc) is 3.65. The fourth-order valence-corrected chi connectivity index (χ4v) is 3.78. The lowest BCUT2D eigenvalue weighted by Crippen LogP contribution is -2.50. The van der Waals surface area contributed by atoms with E-state index in [4.69, 9.17) is 15.2 Å². The number of benzene rings is 1. The number of nitrogens with one attached hydrogen (secondary N) is 5. The SMILES string of the molecule is NCCOCCOCCC(=O)NCC(=O)NC(CNC(=O)c1ccc2c(cnn2CCCNc2ncc[nH]2)c1)C(=O)O. The van der Waals surface area contributed by atoms with Crippen LogP contribution in [-0.2, 0) is 30.4 Å². The van der Waals surface area contributed by atoms with Crippen molar-refractivity contribution < 1.29 is 33.8 Å². The molecule has 3 aromatic rings. The van der Waals surface area contributed by atoms with Gasteiger partial charge in [-0.25, -0.2) is 9.78 Å². The molecule has 1 atom stereocenters. The molecule has 3 amide bonds. The van der Waals surface area contributed by atoms with Gasteiger partial charge in [0.2, 0.25) is 11.8 Å². The van der Waals surface area contributed by atoms with Crippen molar-refractivity contribution in [3.05, 3.63) is 42.4 Å². The van der Waals surface area contributed by atoms with E-state index in [1.165, 1.54) is 0 Å². The van der Waals surface area contributed by atoms with Crippen LogP contribution >= 0.6 is 0 Å². The molecule has 0 fully saturated rings. The largest absolute Gasteiger partial charge is 0.480 e. The summed E-state index contributed by atoms with van der Waals surface area (Å²) in [6.45, 7) is 2.23. The smallest absolute Gasteiger partial charge is 0.328 e. The molecular weight excluding hydrogens is 550 g/mol. The average molecular weight is 588 g/mol. The van der Waals surface area contributed by atoms with Crippen LogP contribution in [0.1, 0.15) is 23.2 Å². The number of aromatic nitrogens is 4. The molecule has 1 unspecified atom stereocenters. The molecule has 16 nitrogen and oxygen atoms in total. The van der Waals surface area contributed by atoms with Gasteiger partial charge in [0.1, 0.15) is 6.04 Å². The molecule has 0 aliphatic carbocycles. The summed E-state index contributed by atoms with van der Waals surface area (Å²) in [4.78, 5) is 55.5. The highest BCUT2D eigenvalue weighted by molar-refractivity contribution is 5.98. The summed E-state index contributed by atoms with van der Waals surface area (Å²) in [5.74, 6) is -2.29. The molecule has 42 heavy (non-hydrogen) atoms. The van der Waals surface area contributed by atoms with E-state index >= 15 is 0 Å². The molecule has 0 bridgehead atoms. The number of rotatable bonds is 20. The molecule has 16 heteroatoms. The third-order valence-corrected chi connectivity index (χ3v) is 5.90. The standard InChI is InChI=1S/C26H37N9O7/c27-5-11-42-13-12-41-10-4-22(36)31-17-23(37)34-20(25(39)40)16-32-24(38)18-2-3-21-19(14-18)15-33-35(21)9-1-6-28-26-29-7-8-30-26/h2-3,7-8,14-15,20H,1,4-6,9-13,16-17,27H2,(H,31,36)(H,32,38)(H,34,37)(H,39,40)(H2,28,29,30). The minimum absolute atomic E-state index is 0.0226. The zero-order valence-electron chi connectivity index (χ0n) is 23.1. The van der Waals surface area contributed by atoms with Crippen molar-refractivity contribution >= 4 is 40.5 Å².